The van der Waals surface area contributed by atoms with Gasteiger partial charge in [0.25, 0.3) is 5.91 Å². The van der Waals surface area contributed by atoms with Gasteiger partial charge in [0.2, 0.25) is 0 Å². The Morgan fingerprint density at radius 1 is 1.47 bits per heavy atom. The Bertz CT molecular complexity index is 515. The minimum Gasteiger partial charge on any atom is -0.349 e. The van der Waals surface area contributed by atoms with Crippen LogP contribution in [0.25, 0.3) is 5.52 Å². The summed E-state index contributed by atoms with van der Waals surface area (Å²) in [6.07, 6.45) is 5.37. The van der Waals surface area contributed by atoms with Crippen molar-refractivity contribution in [2.24, 2.45) is 0 Å². The van der Waals surface area contributed by atoms with Crippen LogP contribution in [0.3, 0.4) is 0 Å². The van der Waals surface area contributed by atoms with Gasteiger partial charge in [-0.3, -0.25) is 4.79 Å². The van der Waals surface area contributed by atoms with Gasteiger partial charge in [0.05, 0.1) is 11.8 Å². The van der Waals surface area contributed by atoms with Crippen molar-refractivity contribution < 1.29 is 4.79 Å². The topological polar surface area (TPSA) is 59.3 Å². The molecule has 1 saturated carbocycles. The summed E-state index contributed by atoms with van der Waals surface area (Å²) in [5.74, 6) is -0.0551. The van der Waals surface area contributed by atoms with Crippen LogP contribution in [0.2, 0.25) is 0 Å². The Morgan fingerprint density at radius 2 is 2.33 bits per heavy atom. The highest BCUT2D eigenvalue weighted by atomic mass is 16.1. The zero-order valence-electron chi connectivity index (χ0n) is 8.05. The summed E-state index contributed by atoms with van der Waals surface area (Å²) in [4.78, 5) is 11.8. The number of hydrogen-bond donors (Lipinski definition) is 1. The molecule has 0 spiro atoms. The van der Waals surface area contributed by atoms with Crippen LogP contribution in [0.15, 0.2) is 24.5 Å². The minimum absolute atomic E-state index is 0.0551. The zero-order chi connectivity index (χ0) is 10.3. The summed E-state index contributed by atoms with van der Waals surface area (Å²) in [5.41, 5.74) is 1.34. The van der Waals surface area contributed by atoms with Crippen molar-refractivity contribution in [2.75, 3.05) is 0 Å². The van der Waals surface area contributed by atoms with Crippen molar-refractivity contribution in [1.29, 1.82) is 0 Å². The summed E-state index contributed by atoms with van der Waals surface area (Å²) in [5, 5.41) is 10.9. The number of aromatic nitrogens is 3. The molecule has 0 atom stereocenters. The Labute approximate surface area is 86.1 Å². The molecule has 1 aliphatic rings. The standard InChI is InChI=1S/C10H10N4O/c15-10(13-7-3-4-7)8-6-12-14-9(8)2-1-5-11-14/h1-2,5-7H,3-4H2,(H,13,15). The van der Waals surface area contributed by atoms with Crippen LogP contribution >= 0.6 is 0 Å². The smallest absolute Gasteiger partial charge is 0.255 e. The molecule has 1 fully saturated rings. The molecule has 76 valence electrons. The predicted molar refractivity (Wildman–Crippen MR) is 53.5 cm³/mol. The van der Waals surface area contributed by atoms with Crippen molar-refractivity contribution in [3.63, 3.8) is 0 Å². The number of rotatable bonds is 2. The first-order chi connectivity index (χ1) is 7.34. The van der Waals surface area contributed by atoms with Gasteiger partial charge in [-0.05, 0) is 25.0 Å². The lowest BCUT2D eigenvalue weighted by Gasteiger charge is -2.00. The predicted octanol–water partition coefficient (Wildman–Crippen LogP) is 0.621. The van der Waals surface area contributed by atoms with Gasteiger partial charge >= 0.3 is 0 Å². The average Bonchev–Trinajstić information content (AvgIpc) is 2.96. The van der Waals surface area contributed by atoms with E-state index in [9.17, 15) is 4.79 Å². The monoisotopic (exact) mass is 202 g/mol. The average molecular weight is 202 g/mol. The summed E-state index contributed by atoms with van der Waals surface area (Å²) in [6.45, 7) is 0. The number of nitrogens with zero attached hydrogens (tertiary/aromatic N) is 3. The second-order valence-electron chi connectivity index (χ2n) is 3.70. The molecule has 0 radical (unpaired) electrons. The zero-order valence-corrected chi connectivity index (χ0v) is 8.05. The quantitative estimate of drug-likeness (QED) is 0.776. The molecule has 2 heterocycles. The molecule has 15 heavy (non-hydrogen) atoms. The molecule has 0 unspecified atom stereocenters. The minimum atomic E-state index is -0.0551. The van der Waals surface area contributed by atoms with Crippen molar-refractivity contribution >= 4 is 11.4 Å². The fraction of sp³-hybridized carbons (Fsp3) is 0.300. The molecule has 1 aliphatic carbocycles. The first-order valence-corrected chi connectivity index (χ1v) is 4.94. The highest BCUT2D eigenvalue weighted by Crippen LogP contribution is 2.20. The molecule has 5 nitrogen and oxygen atoms in total. The molecular weight excluding hydrogens is 192 g/mol. The number of amides is 1. The second-order valence-corrected chi connectivity index (χ2v) is 3.70. The summed E-state index contributed by atoms with van der Waals surface area (Å²) >= 11 is 0. The molecule has 5 heteroatoms. The van der Waals surface area contributed by atoms with Gasteiger partial charge in [-0.2, -0.15) is 14.8 Å². The number of carbonyl (C=O) groups excluding carboxylic acids is 1. The third kappa shape index (κ3) is 1.45. The van der Waals surface area contributed by atoms with Crippen molar-refractivity contribution in [3.8, 4) is 0 Å². The number of hydrogen-bond acceptors (Lipinski definition) is 3. The Morgan fingerprint density at radius 3 is 3.13 bits per heavy atom. The molecule has 0 bridgehead atoms. The normalized spacial score (nSPS) is 15.5. The Kier molecular flexibility index (Phi) is 1.71. The summed E-state index contributed by atoms with van der Waals surface area (Å²) in [7, 11) is 0. The van der Waals surface area contributed by atoms with E-state index in [1.165, 1.54) is 4.63 Å². The molecular formula is C10H10N4O. The lowest BCUT2D eigenvalue weighted by molar-refractivity contribution is 0.0952. The van der Waals surface area contributed by atoms with Gasteiger partial charge < -0.3 is 5.32 Å². The fourth-order valence-electron chi connectivity index (χ4n) is 1.50. The first-order valence-electron chi connectivity index (χ1n) is 4.94. The molecule has 1 N–H and O–H groups in total. The van der Waals surface area contributed by atoms with Gasteiger partial charge in [-0.15, -0.1) is 0 Å². The second kappa shape index (κ2) is 3.05. The van der Waals surface area contributed by atoms with Gasteiger partial charge in [0, 0.05) is 12.2 Å². The van der Waals surface area contributed by atoms with Crippen molar-refractivity contribution in [3.05, 3.63) is 30.1 Å². The van der Waals surface area contributed by atoms with Crippen LogP contribution in [0.1, 0.15) is 23.2 Å². The lowest BCUT2D eigenvalue weighted by Crippen LogP contribution is -2.25. The van der Waals surface area contributed by atoms with E-state index in [-0.39, 0.29) is 5.91 Å². The third-order valence-corrected chi connectivity index (χ3v) is 2.46. The van der Waals surface area contributed by atoms with E-state index in [1.807, 2.05) is 6.07 Å². The molecule has 0 saturated heterocycles. The number of carbonyl (C=O) groups is 1. The van der Waals surface area contributed by atoms with Crippen molar-refractivity contribution in [1.82, 2.24) is 20.1 Å². The van der Waals surface area contributed by atoms with E-state index in [0.717, 1.165) is 18.4 Å². The Balaban J connectivity index is 1.98. The van der Waals surface area contributed by atoms with E-state index in [0.29, 0.717) is 11.6 Å². The maximum atomic E-state index is 11.8. The molecule has 1 amide bonds. The van der Waals surface area contributed by atoms with Crippen LogP contribution in [-0.2, 0) is 0 Å². The van der Waals surface area contributed by atoms with Crippen LogP contribution in [-0.4, -0.2) is 26.8 Å². The highest BCUT2D eigenvalue weighted by Gasteiger charge is 2.25. The maximum Gasteiger partial charge on any atom is 0.255 e. The molecule has 0 aromatic carbocycles. The Hall–Kier alpha value is -1.91. The maximum absolute atomic E-state index is 11.8. The lowest BCUT2D eigenvalue weighted by atomic mass is 10.2. The van der Waals surface area contributed by atoms with Gasteiger partial charge in [-0.1, -0.05) is 0 Å². The molecule has 0 aliphatic heterocycles. The van der Waals surface area contributed by atoms with E-state index < -0.39 is 0 Å². The molecule has 3 rings (SSSR count). The highest BCUT2D eigenvalue weighted by molar-refractivity contribution is 6.00. The van der Waals surface area contributed by atoms with E-state index in [4.69, 9.17) is 0 Å². The SMILES string of the molecule is O=C(NC1CC1)c1cnn2ncccc12. The summed E-state index contributed by atoms with van der Waals surface area (Å²) < 4.78 is 1.46. The first kappa shape index (κ1) is 8.40. The van der Waals surface area contributed by atoms with E-state index in [2.05, 4.69) is 15.5 Å². The van der Waals surface area contributed by atoms with Crippen molar-refractivity contribution in [2.45, 2.75) is 18.9 Å². The van der Waals surface area contributed by atoms with Gasteiger partial charge in [0.15, 0.2) is 0 Å². The third-order valence-electron chi connectivity index (χ3n) is 2.46. The van der Waals surface area contributed by atoms with Gasteiger partial charge in [-0.25, -0.2) is 0 Å². The fourth-order valence-corrected chi connectivity index (χ4v) is 1.50. The van der Waals surface area contributed by atoms with Crippen LogP contribution in [0, 0.1) is 0 Å². The molecule has 2 aromatic rings. The van der Waals surface area contributed by atoms with E-state index in [1.54, 1.807) is 18.5 Å². The van der Waals surface area contributed by atoms with Crippen LogP contribution < -0.4 is 5.32 Å². The van der Waals surface area contributed by atoms with E-state index >= 15 is 0 Å². The van der Waals surface area contributed by atoms with Crippen LogP contribution in [0.5, 0.6) is 0 Å². The van der Waals surface area contributed by atoms with Gasteiger partial charge in [0.1, 0.15) is 5.52 Å². The number of fused-ring (bicyclic) bond motifs is 1. The summed E-state index contributed by atoms with van der Waals surface area (Å²) in [6, 6.07) is 4.00. The number of nitrogens with one attached hydrogen (secondary N) is 1. The largest absolute Gasteiger partial charge is 0.349 e. The van der Waals surface area contributed by atoms with Crippen LogP contribution in [0.4, 0.5) is 0 Å². The molecule has 2 aromatic heterocycles.